The first-order chi connectivity index (χ1) is 24.6. The summed E-state index contributed by atoms with van der Waals surface area (Å²) < 4.78 is 23.3. The van der Waals surface area contributed by atoms with Crippen LogP contribution in [-0.4, -0.2) is 43.0 Å². The molecular formula is C42H37FN6O. The Morgan fingerprint density at radius 1 is 0.840 bits per heavy atom. The monoisotopic (exact) mass is 660 g/mol. The minimum Gasteiger partial charge on any atom is -0.438 e. The molecule has 8 rings (SSSR count). The number of hydrogen-bond acceptors (Lipinski definition) is 6. The number of nitrogens with zero attached hydrogens (tertiary/aromatic N) is 6. The third-order valence-electron chi connectivity index (χ3n) is 9.71. The van der Waals surface area contributed by atoms with E-state index in [1.165, 1.54) is 6.07 Å². The van der Waals surface area contributed by atoms with Gasteiger partial charge in [0, 0.05) is 52.3 Å². The van der Waals surface area contributed by atoms with Gasteiger partial charge in [-0.25, -0.2) is 14.1 Å². The maximum atomic E-state index is 14.8. The first kappa shape index (κ1) is 31.5. The summed E-state index contributed by atoms with van der Waals surface area (Å²) in [7, 11) is 0. The lowest BCUT2D eigenvalue weighted by Crippen LogP contribution is -2.35. The van der Waals surface area contributed by atoms with Crippen molar-refractivity contribution in [1.82, 2.24) is 29.9 Å². The van der Waals surface area contributed by atoms with Gasteiger partial charge < -0.3 is 4.74 Å². The molecule has 4 heterocycles. The van der Waals surface area contributed by atoms with Crippen LogP contribution in [0, 0.1) is 5.82 Å². The Hall–Kier alpha value is -5.73. The molecule has 0 radical (unpaired) electrons. The number of pyridine rings is 2. The molecule has 0 aliphatic carbocycles. The van der Waals surface area contributed by atoms with E-state index in [9.17, 15) is 4.39 Å². The maximum Gasteiger partial charge on any atom is 0.223 e. The minimum atomic E-state index is -0.283. The molecule has 4 aromatic carbocycles. The molecule has 1 aliphatic rings. The van der Waals surface area contributed by atoms with Crippen LogP contribution in [0.25, 0.3) is 27.8 Å². The average molecular weight is 661 g/mol. The summed E-state index contributed by atoms with van der Waals surface area (Å²) in [6.45, 7) is 3.93. The number of hydrogen-bond donors (Lipinski definition) is 0. The van der Waals surface area contributed by atoms with Gasteiger partial charge in [-0.05, 0) is 93.0 Å². The molecule has 1 fully saturated rings. The Labute approximate surface area is 291 Å². The van der Waals surface area contributed by atoms with E-state index < -0.39 is 0 Å². The SMILES string of the molecule is CC(c1cc(F)ccc1Oc1nc2ccc(-n3cc(-c4ccccc4)nn3)cc2cc1Cc1ccccc1)N1CCC(c2ccccn2)CC1. The highest BCUT2D eigenvalue weighted by Crippen LogP contribution is 2.38. The van der Waals surface area contributed by atoms with Crippen molar-refractivity contribution in [1.29, 1.82) is 0 Å². The van der Waals surface area contributed by atoms with E-state index in [4.69, 9.17) is 9.72 Å². The van der Waals surface area contributed by atoms with E-state index in [0.29, 0.717) is 24.0 Å². The number of fused-ring (bicyclic) bond motifs is 1. The molecule has 0 spiro atoms. The first-order valence-corrected chi connectivity index (χ1v) is 17.2. The second-order valence-electron chi connectivity index (χ2n) is 12.9. The second-order valence-corrected chi connectivity index (χ2v) is 12.9. The molecular weight excluding hydrogens is 624 g/mol. The maximum absolute atomic E-state index is 14.8. The van der Waals surface area contributed by atoms with Crippen molar-refractivity contribution in [2.75, 3.05) is 13.1 Å². The van der Waals surface area contributed by atoms with E-state index in [2.05, 4.69) is 63.5 Å². The summed E-state index contributed by atoms with van der Waals surface area (Å²) in [5.74, 6) is 1.27. The number of likely N-dealkylation sites (tertiary alicyclic amines) is 1. The van der Waals surface area contributed by atoms with Crippen molar-refractivity contribution in [3.8, 4) is 28.6 Å². The molecule has 1 unspecified atom stereocenters. The lowest BCUT2D eigenvalue weighted by molar-refractivity contribution is 0.159. The van der Waals surface area contributed by atoms with E-state index >= 15 is 0 Å². The minimum absolute atomic E-state index is 0.0468. The third kappa shape index (κ3) is 6.75. The molecule has 248 valence electrons. The van der Waals surface area contributed by atoms with E-state index in [0.717, 1.165) is 76.2 Å². The van der Waals surface area contributed by atoms with Gasteiger partial charge in [-0.3, -0.25) is 9.88 Å². The lowest BCUT2D eigenvalue weighted by Gasteiger charge is -2.36. The van der Waals surface area contributed by atoms with Crippen LogP contribution in [0.1, 0.15) is 54.1 Å². The summed E-state index contributed by atoms with van der Waals surface area (Å²) in [6, 6.07) is 39.4. The van der Waals surface area contributed by atoms with Gasteiger partial charge in [0.25, 0.3) is 0 Å². The Kier molecular flexibility index (Phi) is 8.84. The highest BCUT2D eigenvalue weighted by Gasteiger charge is 2.27. The van der Waals surface area contributed by atoms with Crippen LogP contribution in [0.3, 0.4) is 0 Å². The van der Waals surface area contributed by atoms with Gasteiger partial charge >= 0.3 is 0 Å². The van der Waals surface area contributed by atoms with Crippen molar-refractivity contribution in [2.24, 2.45) is 0 Å². The largest absolute Gasteiger partial charge is 0.438 e. The van der Waals surface area contributed by atoms with E-state index in [1.807, 2.05) is 79.1 Å². The molecule has 8 heteroatoms. The summed E-state index contributed by atoms with van der Waals surface area (Å²) >= 11 is 0. The molecule has 3 aromatic heterocycles. The van der Waals surface area contributed by atoms with Crippen LogP contribution in [0.4, 0.5) is 4.39 Å². The van der Waals surface area contributed by atoms with Crippen molar-refractivity contribution in [3.63, 3.8) is 0 Å². The highest BCUT2D eigenvalue weighted by molar-refractivity contribution is 5.82. The van der Waals surface area contributed by atoms with Crippen LogP contribution < -0.4 is 4.74 Å². The molecule has 0 amide bonds. The Morgan fingerprint density at radius 3 is 2.40 bits per heavy atom. The standard InChI is InChI=1S/C42H37FN6O/c1-29(48-22-19-32(20-23-48)38-14-8-9-21-44-38)37-27-35(43)15-18-41(37)50-42-34(24-30-10-4-2-5-11-30)25-33-26-36(16-17-39(33)45-42)49-28-40(46-47-49)31-12-6-3-7-13-31/h2-18,21,25-29,32H,19-20,22-24H2,1H3. The van der Waals surface area contributed by atoms with Gasteiger partial charge in [0.2, 0.25) is 5.88 Å². The van der Waals surface area contributed by atoms with Gasteiger partial charge in [-0.1, -0.05) is 71.9 Å². The fourth-order valence-electron chi connectivity index (χ4n) is 6.93. The number of rotatable bonds is 9. The molecule has 50 heavy (non-hydrogen) atoms. The Balaban J connectivity index is 1.10. The third-order valence-corrected chi connectivity index (χ3v) is 9.71. The molecule has 7 nitrogen and oxygen atoms in total. The highest BCUT2D eigenvalue weighted by atomic mass is 19.1. The van der Waals surface area contributed by atoms with E-state index in [1.54, 1.807) is 16.8 Å². The average Bonchev–Trinajstić information content (AvgIpc) is 3.67. The molecule has 0 N–H and O–H groups in total. The number of piperidine rings is 1. The number of ether oxygens (including phenoxy) is 1. The molecule has 0 saturated carbocycles. The van der Waals surface area contributed by atoms with Crippen LogP contribution in [0.15, 0.2) is 134 Å². The number of benzene rings is 4. The summed E-state index contributed by atoms with van der Waals surface area (Å²) in [5, 5.41) is 9.77. The van der Waals surface area contributed by atoms with Crippen molar-refractivity contribution in [2.45, 2.75) is 38.1 Å². The zero-order valence-electron chi connectivity index (χ0n) is 27.9. The topological polar surface area (TPSA) is 69.0 Å². The molecule has 7 aromatic rings. The summed E-state index contributed by atoms with van der Waals surface area (Å²) in [4.78, 5) is 12.1. The smallest absolute Gasteiger partial charge is 0.223 e. The van der Waals surface area contributed by atoms with E-state index in [-0.39, 0.29) is 11.9 Å². The fourth-order valence-corrected chi connectivity index (χ4v) is 6.93. The van der Waals surface area contributed by atoms with Gasteiger partial charge in [0.1, 0.15) is 17.3 Å². The van der Waals surface area contributed by atoms with Crippen molar-refractivity contribution in [3.05, 3.63) is 162 Å². The van der Waals surface area contributed by atoms with Crippen LogP contribution >= 0.6 is 0 Å². The Bertz CT molecular complexity index is 2220. The zero-order valence-corrected chi connectivity index (χ0v) is 27.9. The number of halogens is 1. The summed E-state index contributed by atoms with van der Waals surface area (Å²) in [5.41, 5.74) is 7.52. The fraction of sp³-hybridized carbons (Fsp3) is 0.190. The molecule has 1 atom stereocenters. The van der Waals surface area contributed by atoms with Gasteiger partial charge in [0.15, 0.2) is 0 Å². The first-order valence-electron chi connectivity index (χ1n) is 17.2. The van der Waals surface area contributed by atoms with Crippen molar-refractivity contribution >= 4 is 10.9 Å². The van der Waals surface area contributed by atoms with Gasteiger partial charge in [-0.15, -0.1) is 5.10 Å². The zero-order chi connectivity index (χ0) is 33.9. The second kappa shape index (κ2) is 14.0. The Morgan fingerprint density at radius 2 is 1.62 bits per heavy atom. The lowest BCUT2D eigenvalue weighted by atomic mass is 9.91. The molecule has 0 bridgehead atoms. The normalized spacial score (nSPS) is 14.5. The van der Waals surface area contributed by atoms with Gasteiger partial charge in [0.05, 0.1) is 17.4 Å². The predicted octanol–water partition coefficient (Wildman–Crippen LogP) is 9.34. The summed E-state index contributed by atoms with van der Waals surface area (Å²) in [6.07, 6.45) is 6.43. The van der Waals surface area contributed by atoms with Crippen molar-refractivity contribution < 1.29 is 9.13 Å². The van der Waals surface area contributed by atoms with Gasteiger partial charge in [-0.2, -0.15) is 0 Å². The molecule has 1 saturated heterocycles. The van der Waals surface area contributed by atoms with Crippen LogP contribution in [0.5, 0.6) is 11.6 Å². The predicted molar refractivity (Wildman–Crippen MR) is 194 cm³/mol. The van der Waals surface area contributed by atoms with Crippen LogP contribution in [-0.2, 0) is 6.42 Å². The quantitative estimate of drug-likeness (QED) is 0.154. The molecule has 1 aliphatic heterocycles. The van der Waals surface area contributed by atoms with Crippen LogP contribution in [0.2, 0.25) is 0 Å². The number of aromatic nitrogens is 5.